The Bertz CT molecular complexity index is 232. The van der Waals surface area contributed by atoms with Crippen LogP contribution < -0.4 is 0 Å². The minimum absolute atomic E-state index is 0.110. The Kier molecular flexibility index (Phi) is 7.64. The van der Waals surface area contributed by atoms with Gasteiger partial charge in [0.1, 0.15) is 6.10 Å². The lowest BCUT2D eigenvalue weighted by molar-refractivity contribution is -0.132. The first-order chi connectivity index (χ1) is 7.11. The van der Waals surface area contributed by atoms with Crippen LogP contribution in [-0.4, -0.2) is 38.1 Å². The molecular weight excluding hydrogens is 190 g/mol. The van der Waals surface area contributed by atoms with Crippen LogP contribution in [0.5, 0.6) is 0 Å². The second-order valence-electron chi connectivity index (χ2n) is 3.75. The van der Waals surface area contributed by atoms with Gasteiger partial charge in [-0.3, -0.25) is 4.79 Å². The van der Waals surface area contributed by atoms with Crippen LogP contribution in [0.25, 0.3) is 0 Å². The van der Waals surface area contributed by atoms with Gasteiger partial charge in [-0.05, 0) is 33.5 Å². The quantitative estimate of drug-likeness (QED) is 0.476. The first-order valence-electron chi connectivity index (χ1n) is 5.15. The van der Waals surface area contributed by atoms with Gasteiger partial charge in [-0.1, -0.05) is 18.2 Å². The Morgan fingerprint density at radius 2 is 2.13 bits per heavy atom. The molecule has 3 nitrogen and oxygen atoms in total. The van der Waals surface area contributed by atoms with Gasteiger partial charge in [0, 0.05) is 13.0 Å². The summed E-state index contributed by atoms with van der Waals surface area (Å²) in [5.74, 6) is 0. The normalized spacial score (nSPS) is 14.6. The zero-order valence-electron chi connectivity index (χ0n) is 10.1. The molecule has 0 aromatic rings. The van der Waals surface area contributed by atoms with Crippen LogP contribution in [-0.2, 0) is 9.53 Å². The Balaban J connectivity index is 4.29. The summed E-state index contributed by atoms with van der Waals surface area (Å²) in [6.07, 6.45) is 6.59. The molecule has 0 aliphatic heterocycles. The van der Waals surface area contributed by atoms with Gasteiger partial charge in [0.25, 0.3) is 6.47 Å². The van der Waals surface area contributed by atoms with Gasteiger partial charge >= 0.3 is 0 Å². The highest BCUT2D eigenvalue weighted by Crippen LogP contribution is 2.10. The number of carbonyl (C=O) groups excluding carboxylic acids is 1. The van der Waals surface area contributed by atoms with E-state index in [4.69, 9.17) is 4.74 Å². The van der Waals surface area contributed by atoms with E-state index in [0.717, 1.165) is 18.5 Å². The number of carbonyl (C=O) groups is 1. The fourth-order valence-corrected chi connectivity index (χ4v) is 1.20. The van der Waals surface area contributed by atoms with Gasteiger partial charge in [-0.25, -0.2) is 0 Å². The topological polar surface area (TPSA) is 29.5 Å². The zero-order chi connectivity index (χ0) is 11.7. The number of nitrogens with zero attached hydrogens (tertiary/aromatic N) is 1. The Morgan fingerprint density at radius 3 is 2.60 bits per heavy atom. The largest absolute Gasteiger partial charge is 0.460 e. The van der Waals surface area contributed by atoms with E-state index in [1.165, 1.54) is 0 Å². The SMILES string of the molecule is C/C=C\C=C(/C)C(CCN(C)C)OC=O. The Labute approximate surface area is 92.4 Å². The summed E-state index contributed by atoms with van der Waals surface area (Å²) in [5, 5.41) is 0. The molecule has 0 aliphatic rings. The summed E-state index contributed by atoms with van der Waals surface area (Å²) < 4.78 is 5.04. The molecule has 0 aromatic heterocycles. The third-order valence-electron chi connectivity index (χ3n) is 2.12. The fraction of sp³-hybridized carbons (Fsp3) is 0.583. The summed E-state index contributed by atoms with van der Waals surface area (Å²) >= 11 is 0. The standard InChI is InChI=1S/C12H21NO2/c1-5-6-7-11(2)12(15-10-14)8-9-13(3)4/h5-7,10,12H,8-9H2,1-4H3/b6-5-,11-7+. The molecule has 0 rings (SSSR count). The molecule has 86 valence electrons. The average Bonchev–Trinajstić information content (AvgIpc) is 2.20. The van der Waals surface area contributed by atoms with Gasteiger partial charge in [0.05, 0.1) is 0 Å². The maximum Gasteiger partial charge on any atom is 0.293 e. The fourth-order valence-electron chi connectivity index (χ4n) is 1.20. The van der Waals surface area contributed by atoms with Crippen molar-refractivity contribution in [1.82, 2.24) is 4.90 Å². The van der Waals surface area contributed by atoms with Gasteiger partial charge in [0.2, 0.25) is 0 Å². The van der Waals surface area contributed by atoms with Gasteiger partial charge in [0.15, 0.2) is 0 Å². The number of ether oxygens (including phenoxy) is 1. The molecule has 0 fully saturated rings. The van der Waals surface area contributed by atoms with Crippen LogP contribution in [0.2, 0.25) is 0 Å². The van der Waals surface area contributed by atoms with Crippen LogP contribution in [0.1, 0.15) is 20.3 Å². The van der Waals surface area contributed by atoms with E-state index in [0.29, 0.717) is 6.47 Å². The molecule has 0 saturated carbocycles. The van der Waals surface area contributed by atoms with Crippen LogP contribution >= 0.6 is 0 Å². The molecule has 0 saturated heterocycles. The van der Waals surface area contributed by atoms with Gasteiger partial charge < -0.3 is 9.64 Å². The molecule has 0 radical (unpaired) electrons. The highest BCUT2D eigenvalue weighted by molar-refractivity contribution is 5.38. The Morgan fingerprint density at radius 1 is 1.47 bits per heavy atom. The minimum Gasteiger partial charge on any atom is -0.460 e. The predicted molar refractivity (Wildman–Crippen MR) is 62.7 cm³/mol. The van der Waals surface area contributed by atoms with Crippen molar-refractivity contribution in [3.05, 3.63) is 23.8 Å². The second-order valence-corrected chi connectivity index (χ2v) is 3.75. The van der Waals surface area contributed by atoms with E-state index in [2.05, 4.69) is 4.90 Å². The van der Waals surface area contributed by atoms with Crippen LogP contribution in [0.3, 0.4) is 0 Å². The molecule has 0 spiro atoms. The number of hydrogen-bond acceptors (Lipinski definition) is 3. The number of rotatable bonds is 7. The molecule has 1 atom stereocenters. The number of hydrogen-bond donors (Lipinski definition) is 0. The van der Waals surface area contributed by atoms with Crippen molar-refractivity contribution in [2.24, 2.45) is 0 Å². The molecule has 1 unspecified atom stereocenters. The molecule has 0 amide bonds. The second kappa shape index (κ2) is 8.24. The monoisotopic (exact) mass is 211 g/mol. The zero-order valence-corrected chi connectivity index (χ0v) is 10.1. The van der Waals surface area contributed by atoms with E-state index < -0.39 is 0 Å². The van der Waals surface area contributed by atoms with Crippen molar-refractivity contribution in [3.8, 4) is 0 Å². The van der Waals surface area contributed by atoms with Crippen molar-refractivity contribution >= 4 is 6.47 Å². The Hall–Kier alpha value is -1.09. The predicted octanol–water partition coefficient (Wildman–Crippen LogP) is 2.00. The highest BCUT2D eigenvalue weighted by atomic mass is 16.5. The summed E-state index contributed by atoms with van der Waals surface area (Å²) in [6.45, 7) is 5.36. The van der Waals surface area contributed by atoms with E-state index in [1.807, 2.05) is 46.2 Å². The average molecular weight is 211 g/mol. The van der Waals surface area contributed by atoms with E-state index >= 15 is 0 Å². The van der Waals surface area contributed by atoms with Crippen molar-refractivity contribution < 1.29 is 9.53 Å². The third kappa shape index (κ3) is 6.91. The van der Waals surface area contributed by atoms with E-state index in [1.54, 1.807) is 0 Å². The molecular formula is C12H21NO2. The van der Waals surface area contributed by atoms with Crippen molar-refractivity contribution in [1.29, 1.82) is 0 Å². The van der Waals surface area contributed by atoms with Crippen molar-refractivity contribution in [2.75, 3.05) is 20.6 Å². The van der Waals surface area contributed by atoms with E-state index in [-0.39, 0.29) is 6.10 Å². The van der Waals surface area contributed by atoms with Crippen molar-refractivity contribution in [3.63, 3.8) is 0 Å². The molecule has 3 heteroatoms. The summed E-state index contributed by atoms with van der Waals surface area (Å²) in [5.41, 5.74) is 1.07. The summed E-state index contributed by atoms with van der Waals surface area (Å²) in [6, 6.07) is 0. The summed E-state index contributed by atoms with van der Waals surface area (Å²) in [7, 11) is 4.01. The summed E-state index contributed by atoms with van der Waals surface area (Å²) in [4.78, 5) is 12.4. The lowest BCUT2D eigenvalue weighted by atomic mass is 10.1. The molecule has 0 N–H and O–H groups in total. The highest BCUT2D eigenvalue weighted by Gasteiger charge is 2.11. The first-order valence-corrected chi connectivity index (χ1v) is 5.15. The van der Waals surface area contributed by atoms with E-state index in [9.17, 15) is 4.79 Å². The van der Waals surface area contributed by atoms with Crippen LogP contribution in [0.4, 0.5) is 0 Å². The molecule has 0 aromatic carbocycles. The molecule has 0 bridgehead atoms. The van der Waals surface area contributed by atoms with Crippen LogP contribution in [0.15, 0.2) is 23.8 Å². The molecule has 15 heavy (non-hydrogen) atoms. The molecule has 0 heterocycles. The minimum atomic E-state index is -0.110. The van der Waals surface area contributed by atoms with Gasteiger partial charge in [-0.15, -0.1) is 0 Å². The van der Waals surface area contributed by atoms with Gasteiger partial charge in [-0.2, -0.15) is 0 Å². The maximum atomic E-state index is 10.4. The first kappa shape index (κ1) is 13.9. The smallest absolute Gasteiger partial charge is 0.293 e. The third-order valence-corrected chi connectivity index (χ3v) is 2.12. The van der Waals surface area contributed by atoms with Crippen molar-refractivity contribution in [2.45, 2.75) is 26.4 Å². The van der Waals surface area contributed by atoms with Crippen LogP contribution in [0, 0.1) is 0 Å². The lowest BCUT2D eigenvalue weighted by Gasteiger charge is -2.18. The molecule has 0 aliphatic carbocycles. The lowest BCUT2D eigenvalue weighted by Crippen LogP contribution is -2.22. The number of allylic oxidation sites excluding steroid dienone is 3. The maximum absolute atomic E-state index is 10.4.